The molecule has 0 unspecified atom stereocenters. The number of piperidine rings is 1. The number of aromatic nitrogens is 1. The van der Waals surface area contributed by atoms with Crippen molar-refractivity contribution in [3.8, 4) is 0 Å². The number of nitrogens with one attached hydrogen (secondary N) is 1. The van der Waals surface area contributed by atoms with Crippen molar-refractivity contribution in [1.82, 2.24) is 9.88 Å². The summed E-state index contributed by atoms with van der Waals surface area (Å²) in [5, 5.41) is 4.52. The molecule has 0 atom stereocenters. The van der Waals surface area contributed by atoms with Gasteiger partial charge < -0.3 is 10.2 Å². The van der Waals surface area contributed by atoms with Gasteiger partial charge in [0.15, 0.2) is 0 Å². The number of benzene rings is 2. The van der Waals surface area contributed by atoms with Crippen molar-refractivity contribution in [2.24, 2.45) is 0 Å². The summed E-state index contributed by atoms with van der Waals surface area (Å²) >= 11 is 0. The molecule has 0 bridgehead atoms. The first-order valence-electron chi connectivity index (χ1n) is 9.65. The SMILES string of the molecule is Cc1ccc(Nc2cc(C(=O)N3CCCCC3)nc3ccccc23)cc1C. The van der Waals surface area contributed by atoms with E-state index in [0.29, 0.717) is 5.69 Å². The van der Waals surface area contributed by atoms with Crippen LogP contribution in [0.2, 0.25) is 0 Å². The van der Waals surface area contributed by atoms with Gasteiger partial charge in [-0.25, -0.2) is 4.98 Å². The molecule has 1 aromatic heterocycles. The lowest BCUT2D eigenvalue weighted by Gasteiger charge is -2.26. The average Bonchev–Trinajstić information content (AvgIpc) is 2.71. The maximum absolute atomic E-state index is 13.0. The molecule has 27 heavy (non-hydrogen) atoms. The minimum Gasteiger partial charge on any atom is -0.355 e. The fourth-order valence-corrected chi connectivity index (χ4v) is 3.62. The molecular formula is C23H25N3O. The topological polar surface area (TPSA) is 45.2 Å². The van der Waals surface area contributed by atoms with E-state index in [-0.39, 0.29) is 5.91 Å². The van der Waals surface area contributed by atoms with Gasteiger partial charge in [0, 0.05) is 24.2 Å². The van der Waals surface area contributed by atoms with E-state index in [1.54, 1.807) is 0 Å². The number of carbonyl (C=O) groups excluding carboxylic acids is 1. The molecule has 1 aliphatic rings. The van der Waals surface area contributed by atoms with Gasteiger partial charge in [0.25, 0.3) is 5.91 Å². The second kappa shape index (κ2) is 7.39. The van der Waals surface area contributed by atoms with Gasteiger partial charge >= 0.3 is 0 Å². The fraction of sp³-hybridized carbons (Fsp3) is 0.304. The first kappa shape index (κ1) is 17.5. The lowest BCUT2D eigenvalue weighted by molar-refractivity contribution is 0.0719. The number of para-hydroxylation sites is 1. The van der Waals surface area contributed by atoms with E-state index in [2.05, 4.69) is 42.3 Å². The number of rotatable bonds is 3. The van der Waals surface area contributed by atoms with Crippen LogP contribution in [0.25, 0.3) is 10.9 Å². The van der Waals surface area contributed by atoms with Gasteiger partial charge in [0.05, 0.1) is 11.2 Å². The summed E-state index contributed by atoms with van der Waals surface area (Å²) in [6.07, 6.45) is 3.36. The first-order chi connectivity index (χ1) is 13.1. The predicted molar refractivity (Wildman–Crippen MR) is 111 cm³/mol. The molecule has 0 spiro atoms. The molecule has 138 valence electrons. The molecule has 4 heteroatoms. The third-order valence-electron chi connectivity index (χ3n) is 5.36. The number of hydrogen-bond acceptors (Lipinski definition) is 3. The van der Waals surface area contributed by atoms with Crippen LogP contribution in [0.1, 0.15) is 40.9 Å². The Balaban J connectivity index is 1.74. The Morgan fingerprint density at radius 2 is 1.74 bits per heavy atom. The molecule has 1 N–H and O–H groups in total. The van der Waals surface area contributed by atoms with Crippen molar-refractivity contribution in [3.63, 3.8) is 0 Å². The van der Waals surface area contributed by atoms with Crippen LogP contribution >= 0.6 is 0 Å². The summed E-state index contributed by atoms with van der Waals surface area (Å²) in [6, 6.07) is 16.2. The zero-order chi connectivity index (χ0) is 18.8. The Labute approximate surface area is 160 Å². The summed E-state index contributed by atoms with van der Waals surface area (Å²) in [4.78, 5) is 19.6. The standard InChI is InChI=1S/C23H25N3O/c1-16-10-11-18(14-17(16)2)24-21-15-22(23(27)26-12-6-3-7-13-26)25-20-9-5-4-8-19(20)21/h4-5,8-11,14-15H,3,6-7,12-13H2,1-2H3,(H,24,25). The minimum absolute atomic E-state index is 0.0311. The number of fused-ring (bicyclic) bond motifs is 1. The summed E-state index contributed by atoms with van der Waals surface area (Å²) < 4.78 is 0. The van der Waals surface area contributed by atoms with Crippen molar-refractivity contribution < 1.29 is 4.79 Å². The van der Waals surface area contributed by atoms with E-state index in [1.807, 2.05) is 35.2 Å². The molecule has 2 aromatic carbocycles. The van der Waals surface area contributed by atoms with E-state index in [9.17, 15) is 4.79 Å². The molecule has 0 aliphatic carbocycles. The Morgan fingerprint density at radius 1 is 0.963 bits per heavy atom. The maximum atomic E-state index is 13.0. The highest BCUT2D eigenvalue weighted by Crippen LogP contribution is 2.28. The van der Waals surface area contributed by atoms with E-state index in [4.69, 9.17) is 0 Å². The summed E-state index contributed by atoms with van der Waals surface area (Å²) in [7, 11) is 0. The quantitative estimate of drug-likeness (QED) is 0.697. The molecule has 1 saturated heterocycles. The van der Waals surface area contributed by atoms with Gasteiger partial charge in [-0.2, -0.15) is 0 Å². The highest BCUT2D eigenvalue weighted by atomic mass is 16.2. The zero-order valence-electron chi connectivity index (χ0n) is 16.0. The largest absolute Gasteiger partial charge is 0.355 e. The third kappa shape index (κ3) is 3.65. The highest BCUT2D eigenvalue weighted by Gasteiger charge is 2.20. The van der Waals surface area contributed by atoms with Gasteiger partial charge in [-0.05, 0) is 68.5 Å². The van der Waals surface area contributed by atoms with Crippen LogP contribution in [0.5, 0.6) is 0 Å². The van der Waals surface area contributed by atoms with Gasteiger partial charge in [0.1, 0.15) is 5.69 Å². The van der Waals surface area contributed by atoms with Gasteiger partial charge in [-0.1, -0.05) is 24.3 Å². The first-order valence-corrected chi connectivity index (χ1v) is 9.65. The van der Waals surface area contributed by atoms with Crippen molar-refractivity contribution in [1.29, 1.82) is 0 Å². The van der Waals surface area contributed by atoms with E-state index in [1.165, 1.54) is 17.5 Å². The van der Waals surface area contributed by atoms with Crippen molar-refractivity contribution in [3.05, 3.63) is 65.4 Å². The monoisotopic (exact) mass is 359 g/mol. The molecule has 2 heterocycles. The molecule has 0 saturated carbocycles. The number of aryl methyl sites for hydroxylation is 2. The number of amides is 1. The number of carbonyl (C=O) groups is 1. The Kier molecular flexibility index (Phi) is 4.80. The normalized spacial score (nSPS) is 14.4. The van der Waals surface area contributed by atoms with E-state index >= 15 is 0 Å². The highest BCUT2D eigenvalue weighted by molar-refractivity contribution is 6.00. The van der Waals surface area contributed by atoms with Gasteiger partial charge in [0.2, 0.25) is 0 Å². The van der Waals surface area contributed by atoms with Crippen molar-refractivity contribution >= 4 is 28.2 Å². The van der Waals surface area contributed by atoms with E-state index in [0.717, 1.165) is 48.2 Å². The van der Waals surface area contributed by atoms with Crippen LogP contribution in [0.4, 0.5) is 11.4 Å². The predicted octanol–water partition coefficient (Wildman–Crippen LogP) is 5.22. The molecular weight excluding hydrogens is 334 g/mol. The molecule has 1 amide bonds. The minimum atomic E-state index is 0.0311. The summed E-state index contributed by atoms with van der Waals surface area (Å²) in [5.74, 6) is 0.0311. The fourth-order valence-electron chi connectivity index (χ4n) is 3.62. The van der Waals surface area contributed by atoms with Crippen LogP contribution < -0.4 is 5.32 Å². The lowest BCUT2D eigenvalue weighted by atomic mass is 10.1. The smallest absolute Gasteiger partial charge is 0.272 e. The molecule has 3 aromatic rings. The molecule has 1 fully saturated rings. The third-order valence-corrected chi connectivity index (χ3v) is 5.36. The molecule has 4 rings (SSSR count). The van der Waals surface area contributed by atoms with E-state index < -0.39 is 0 Å². The number of hydrogen-bond donors (Lipinski definition) is 1. The second-order valence-electron chi connectivity index (χ2n) is 7.35. The number of pyridine rings is 1. The zero-order valence-corrected chi connectivity index (χ0v) is 16.0. The number of likely N-dealkylation sites (tertiary alicyclic amines) is 1. The molecule has 1 aliphatic heterocycles. The van der Waals surface area contributed by atoms with Crippen molar-refractivity contribution in [2.45, 2.75) is 33.1 Å². The lowest BCUT2D eigenvalue weighted by Crippen LogP contribution is -2.36. The van der Waals surface area contributed by atoms with Crippen LogP contribution in [0.15, 0.2) is 48.5 Å². The summed E-state index contributed by atoms with van der Waals surface area (Å²) in [5.41, 5.74) is 5.80. The number of anilines is 2. The van der Waals surface area contributed by atoms with Crippen LogP contribution in [-0.2, 0) is 0 Å². The van der Waals surface area contributed by atoms with Gasteiger partial charge in [-0.3, -0.25) is 4.79 Å². The van der Waals surface area contributed by atoms with Gasteiger partial charge in [-0.15, -0.1) is 0 Å². The van der Waals surface area contributed by atoms with Crippen LogP contribution in [-0.4, -0.2) is 28.9 Å². The Morgan fingerprint density at radius 3 is 2.52 bits per heavy atom. The molecule has 0 radical (unpaired) electrons. The Bertz CT molecular complexity index is 990. The molecule has 4 nitrogen and oxygen atoms in total. The van der Waals surface area contributed by atoms with Crippen LogP contribution in [0.3, 0.4) is 0 Å². The summed E-state index contributed by atoms with van der Waals surface area (Å²) in [6.45, 7) is 5.87. The number of nitrogens with zero attached hydrogens (tertiary/aromatic N) is 2. The average molecular weight is 359 g/mol. The maximum Gasteiger partial charge on any atom is 0.272 e. The van der Waals surface area contributed by atoms with Crippen molar-refractivity contribution in [2.75, 3.05) is 18.4 Å². The second-order valence-corrected chi connectivity index (χ2v) is 7.35. The Hall–Kier alpha value is -2.88. The van der Waals surface area contributed by atoms with Crippen LogP contribution in [0, 0.1) is 13.8 Å².